The summed E-state index contributed by atoms with van der Waals surface area (Å²) in [6, 6.07) is 4.95. The van der Waals surface area contributed by atoms with Gasteiger partial charge in [0.15, 0.2) is 0 Å². The predicted molar refractivity (Wildman–Crippen MR) is 67.3 cm³/mol. The number of aliphatic hydroxyl groups is 1. The molecular weight excluding hydrogens is 273 g/mol. The topological polar surface area (TPSA) is 56.5 Å². The number of halogens is 3. The number of hydrogen-bond acceptors (Lipinski definition) is 4. The Bertz CT molecular complexity index is 497. The number of aliphatic hydroxyl groups excluding tert-OH is 1. The van der Waals surface area contributed by atoms with E-state index in [0.29, 0.717) is 0 Å². The highest BCUT2D eigenvalue weighted by Crippen LogP contribution is 2.34. The van der Waals surface area contributed by atoms with Crippen LogP contribution in [-0.4, -0.2) is 38.5 Å². The second kappa shape index (κ2) is 6.59. The van der Waals surface area contributed by atoms with Crippen molar-refractivity contribution in [2.75, 3.05) is 32.2 Å². The van der Waals surface area contributed by atoms with Gasteiger partial charge in [0.1, 0.15) is 0 Å². The van der Waals surface area contributed by atoms with Gasteiger partial charge in [-0.3, -0.25) is 0 Å². The zero-order valence-corrected chi connectivity index (χ0v) is 11.1. The van der Waals surface area contributed by atoms with Crippen LogP contribution in [0.3, 0.4) is 0 Å². The van der Waals surface area contributed by atoms with E-state index < -0.39 is 23.4 Å². The standard InChI is InChI=1S/C13H15F3N2O2/c1-18(7-11(19)8-20-2)10-4-3-9(6-17)12(5-10)13(14,15)16/h3-5,11,19H,7-8H2,1-2H3. The maximum absolute atomic E-state index is 12.8. The summed E-state index contributed by atoms with van der Waals surface area (Å²) in [5.74, 6) is 0. The number of ether oxygens (including phenoxy) is 1. The van der Waals surface area contributed by atoms with Crippen molar-refractivity contribution in [2.24, 2.45) is 0 Å². The van der Waals surface area contributed by atoms with Gasteiger partial charge in [-0.05, 0) is 18.2 Å². The summed E-state index contributed by atoms with van der Waals surface area (Å²) in [7, 11) is 2.98. The molecule has 0 aliphatic heterocycles. The fourth-order valence-electron chi connectivity index (χ4n) is 1.77. The Morgan fingerprint density at radius 1 is 1.45 bits per heavy atom. The van der Waals surface area contributed by atoms with Crippen molar-refractivity contribution in [3.05, 3.63) is 29.3 Å². The van der Waals surface area contributed by atoms with E-state index in [1.165, 1.54) is 24.1 Å². The maximum Gasteiger partial charge on any atom is 0.417 e. The molecule has 110 valence electrons. The van der Waals surface area contributed by atoms with E-state index in [1.54, 1.807) is 7.05 Å². The normalized spacial score (nSPS) is 12.8. The molecule has 0 amide bonds. The molecule has 1 atom stereocenters. The summed E-state index contributed by atoms with van der Waals surface area (Å²) in [5.41, 5.74) is -1.14. The van der Waals surface area contributed by atoms with Crippen LogP contribution in [-0.2, 0) is 10.9 Å². The lowest BCUT2D eigenvalue weighted by atomic mass is 10.1. The number of methoxy groups -OCH3 is 1. The third kappa shape index (κ3) is 4.11. The third-order valence-corrected chi connectivity index (χ3v) is 2.71. The van der Waals surface area contributed by atoms with E-state index >= 15 is 0 Å². The molecule has 1 N–H and O–H groups in total. The van der Waals surface area contributed by atoms with E-state index in [4.69, 9.17) is 10.00 Å². The average Bonchev–Trinajstić information content (AvgIpc) is 2.37. The van der Waals surface area contributed by atoms with Crippen molar-refractivity contribution < 1.29 is 23.0 Å². The Labute approximate surface area is 115 Å². The number of anilines is 1. The van der Waals surface area contributed by atoms with E-state index in [0.717, 1.165) is 12.1 Å². The Kier molecular flexibility index (Phi) is 5.36. The molecular formula is C13H15F3N2O2. The van der Waals surface area contributed by atoms with Gasteiger partial charge in [0.05, 0.1) is 29.9 Å². The van der Waals surface area contributed by atoms with Crippen molar-refractivity contribution in [2.45, 2.75) is 12.3 Å². The Hall–Kier alpha value is -1.78. The highest BCUT2D eigenvalue weighted by Gasteiger charge is 2.34. The minimum atomic E-state index is -4.59. The highest BCUT2D eigenvalue weighted by atomic mass is 19.4. The molecule has 4 nitrogen and oxygen atoms in total. The minimum Gasteiger partial charge on any atom is -0.389 e. The number of nitriles is 1. The third-order valence-electron chi connectivity index (χ3n) is 2.71. The molecule has 0 aliphatic rings. The van der Waals surface area contributed by atoms with Crippen molar-refractivity contribution >= 4 is 5.69 Å². The summed E-state index contributed by atoms with van der Waals surface area (Å²) < 4.78 is 43.2. The molecule has 7 heteroatoms. The molecule has 0 heterocycles. The number of rotatable bonds is 5. The van der Waals surface area contributed by atoms with E-state index in [-0.39, 0.29) is 18.8 Å². The lowest BCUT2D eigenvalue weighted by molar-refractivity contribution is -0.137. The van der Waals surface area contributed by atoms with Crippen molar-refractivity contribution in [3.63, 3.8) is 0 Å². The number of alkyl halides is 3. The molecule has 0 saturated heterocycles. The van der Waals surface area contributed by atoms with Gasteiger partial charge in [-0.15, -0.1) is 0 Å². The summed E-state index contributed by atoms with van der Waals surface area (Å²) in [4.78, 5) is 1.47. The van der Waals surface area contributed by atoms with E-state index in [2.05, 4.69) is 0 Å². The molecule has 0 fully saturated rings. The Morgan fingerprint density at radius 2 is 2.10 bits per heavy atom. The van der Waals surface area contributed by atoms with Crippen LogP contribution in [0.5, 0.6) is 0 Å². The van der Waals surface area contributed by atoms with Gasteiger partial charge in [-0.2, -0.15) is 18.4 Å². The molecule has 20 heavy (non-hydrogen) atoms. The minimum absolute atomic E-state index is 0.0900. The first-order chi connectivity index (χ1) is 9.29. The molecule has 0 aliphatic carbocycles. The molecule has 0 radical (unpaired) electrons. The Balaban J connectivity index is 3.00. The molecule has 1 unspecified atom stereocenters. The zero-order valence-electron chi connectivity index (χ0n) is 11.1. The number of benzene rings is 1. The fourth-order valence-corrected chi connectivity index (χ4v) is 1.77. The van der Waals surface area contributed by atoms with Gasteiger partial charge in [0, 0.05) is 26.4 Å². The van der Waals surface area contributed by atoms with Gasteiger partial charge in [-0.25, -0.2) is 0 Å². The van der Waals surface area contributed by atoms with Crippen molar-refractivity contribution in [1.82, 2.24) is 0 Å². The summed E-state index contributed by atoms with van der Waals surface area (Å²) in [5, 5.41) is 18.3. The highest BCUT2D eigenvalue weighted by molar-refractivity contribution is 5.54. The Morgan fingerprint density at radius 3 is 2.60 bits per heavy atom. The molecule has 0 spiro atoms. The maximum atomic E-state index is 12.8. The summed E-state index contributed by atoms with van der Waals surface area (Å²) >= 11 is 0. The van der Waals surface area contributed by atoms with E-state index in [9.17, 15) is 18.3 Å². The predicted octanol–water partition coefficient (Wildman–Crippen LogP) is 2.02. The second-order valence-electron chi connectivity index (χ2n) is 4.33. The molecule has 0 aromatic heterocycles. The van der Waals surface area contributed by atoms with Gasteiger partial charge < -0.3 is 14.7 Å². The monoisotopic (exact) mass is 288 g/mol. The van der Waals surface area contributed by atoms with Gasteiger partial charge in [-0.1, -0.05) is 0 Å². The summed E-state index contributed by atoms with van der Waals surface area (Å²) in [6.45, 7) is 0.212. The lowest BCUT2D eigenvalue weighted by Crippen LogP contribution is -2.32. The molecule has 0 bridgehead atoms. The van der Waals surface area contributed by atoms with E-state index in [1.807, 2.05) is 0 Å². The van der Waals surface area contributed by atoms with Crippen LogP contribution in [0.15, 0.2) is 18.2 Å². The van der Waals surface area contributed by atoms with Crippen LogP contribution in [0.1, 0.15) is 11.1 Å². The van der Waals surface area contributed by atoms with Crippen LogP contribution in [0, 0.1) is 11.3 Å². The number of hydrogen-bond donors (Lipinski definition) is 1. The average molecular weight is 288 g/mol. The van der Waals surface area contributed by atoms with Crippen LogP contribution in [0.2, 0.25) is 0 Å². The second-order valence-corrected chi connectivity index (χ2v) is 4.33. The van der Waals surface area contributed by atoms with Gasteiger partial charge in [0.25, 0.3) is 0 Å². The number of likely N-dealkylation sites (N-methyl/N-ethyl adjacent to an activating group) is 1. The first-order valence-electron chi connectivity index (χ1n) is 5.79. The lowest BCUT2D eigenvalue weighted by Gasteiger charge is -2.23. The van der Waals surface area contributed by atoms with Crippen LogP contribution in [0.4, 0.5) is 18.9 Å². The van der Waals surface area contributed by atoms with Crippen molar-refractivity contribution in [3.8, 4) is 6.07 Å². The van der Waals surface area contributed by atoms with Crippen LogP contribution in [0.25, 0.3) is 0 Å². The zero-order chi connectivity index (χ0) is 15.3. The fraction of sp³-hybridized carbons (Fsp3) is 0.462. The first-order valence-corrected chi connectivity index (χ1v) is 5.79. The van der Waals surface area contributed by atoms with Gasteiger partial charge in [0.2, 0.25) is 0 Å². The first kappa shape index (κ1) is 16.3. The smallest absolute Gasteiger partial charge is 0.389 e. The SMILES string of the molecule is COCC(O)CN(C)c1ccc(C#N)c(C(F)(F)F)c1. The largest absolute Gasteiger partial charge is 0.417 e. The van der Waals surface area contributed by atoms with Crippen molar-refractivity contribution in [1.29, 1.82) is 5.26 Å². The molecule has 1 aromatic rings. The quantitative estimate of drug-likeness (QED) is 0.900. The molecule has 1 rings (SSSR count). The molecule has 1 aromatic carbocycles. The number of nitrogens with zero attached hydrogens (tertiary/aromatic N) is 2. The van der Waals surface area contributed by atoms with Crippen LogP contribution < -0.4 is 4.90 Å². The molecule has 0 saturated carbocycles. The summed E-state index contributed by atoms with van der Waals surface area (Å²) in [6.07, 6.45) is -5.40. The van der Waals surface area contributed by atoms with Crippen LogP contribution >= 0.6 is 0 Å². The van der Waals surface area contributed by atoms with Gasteiger partial charge >= 0.3 is 6.18 Å².